The quantitative estimate of drug-likeness (QED) is 0.921. The number of carbonyl (C=O) groups excluding carboxylic acids is 1. The zero-order valence-electron chi connectivity index (χ0n) is 13.9. The van der Waals surface area contributed by atoms with Crippen LogP contribution in [0.1, 0.15) is 38.5 Å². The first-order valence-electron chi connectivity index (χ1n) is 8.90. The molecule has 3 heterocycles. The SMILES string of the molecule is O=C(C1=CCCC1)N1CC[C@@]2(C[C@@H](Nc3ncccn3)CCO2)C1. The van der Waals surface area contributed by atoms with Crippen molar-refractivity contribution in [2.75, 3.05) is 25.0 Å². The van der Waals surface area contributed by atoms with Crippen molar-refractivity contribution in [3.63, 3.8) is 0 Å². The average molecular weight is 328 g/mol. The van der Waals surface area contributed by atoms with E-state index in [2.05, 4.69) is 21.4 Å². The molecule has 0 bridgehead atoms. The molecule has 0 saturated carbocycles. The lowest BCUT2D eigenvalue weighted by Gasteiger charge is -2.38. The van der Waals surface area contributed by atoms with E-state index in [1.165, 1.54) is 0 Å². The summed E-state index contributed by atoms with van der Waals surface area (Å²) in [4.78, 5) is 23.1. The molecule has 0 unspecified atom stereocenters. The molecule has 128 valence electrons. The van der Waals surface area contributed by atoms with E-state index < -0.39 is 0 Å². The Bertz CT molecular complexity index is 633. The number of anilines is 1. The predicted molar refractivity (Wildman–Crippen MR) is 90.5 cm³/mol. The normalized spacial score (nSPS) is 29.8. The van der Waals surface area contributed by atoms with E-state index in [0.29, 0.717) is 18.5 Å². The monoisotopic (exact) mass is 328 g/mol. The molecule has 2 aliphatic heterocycles. The number of likely N-dealkylation sites (tertiary alicyclic amines) is 1. The van der Waals surface area contributed by atoms with Crippen molar-refractivity contribution in [3.05, 3.63) is 30.1 Å². The van der Waals surface area contributed by atoms with Crippen LogP contribution in [0.4, 0.5) is 5.95 Å². The van der Waals surface area contributed by atoms with Gasteiger partial charge in [-0.05, 0) is 44.6 Å². The zero-order valence-corrected chi connectivity index (χ0v) is 13.9. The molecule has 0 radical (unpaired) electrons. The van der Waals surface area contributed by atoms with Gasteiger partial charge in [0.2, 0.25) is 11.9 Å². The van der Waals surface area contributed by atoms with Crippen LogP contribution in [0.15, 0.2) is 30.1 Å². The van der Waals surface area contributed by atoms with Crippen LogP contribution in [0.25, 0.3) is 0 Å². The molecule has 2 saturated heterocycles. The standard InChI is InChI=1S/C18H24N4O2/c23-16(14-4-1-2-5-14)22-10-7-18(13-22)12-15(6-11-24-18)21-17-19-8-3-9-20-17/h3-4,8-9,15H,1-2,5-7,10-13H2,(H,19,20,21)/t15-,18+/m0/s1. The summed E-state index contributed by atoms with van der Waals surface area (Å²) in [5.41, 5.74) is 0.787. The molecule has 1 aromatic heterocycles. The van der Waals surface area contributed by atoms with E-state index in [-0.39, 0.29) is 11.5 Å². The summed E-state index contributed by atoms with van der Waals surface area (Å²) in [6.45, 7) is 2.22. The molecule has 2 fully saturated rings. The molecule has 4 rings (SSSR count). The van der Waals surface area contributed by atoms with Gasteiger partial charge in [-0.1, -0.05) is 6.08 Å². The third-order valence-corrected chi connectivity index (χ3v) is 5.31. The lowest BCUT2D eigenvalue weighted by Crippen LogP contribution is -2.47. The number of nitrogens with zero attached hydrogens (tertiary/aromatic N) is 3. The van der Waals surface area contributed by atoms with Gasteiger partial charge in [-0.2, -0.15) is 0 Å². The first-order chi connectivity index (χ1) is 11.7. The van der Waals surface area contributed by atoms with Gasteiger partial charge in [-0.15, -0.1) is 0 Å². The Balaban J connectivity index is 1.39. The van der Waals surface area contributed by atoms with Crippen LogP contribution in [0.3, 0.4) is 0 Å². The fourth-order valence-corrected chi connectivity index (χ4v) is 4.08. The Labute approximate surface area is 142 Å². The van der Waals surface area contributed by atoms with Crippen molar-refractivity contribution < 1.29 is 9.53 Å². The van der Waals surface area contributed by atoms with Crippen molar-refractivity contribution >= 4 is 11.9 Å². The molecule has 1 amide bonds. The summed E-state index contributed by atoms with van der Waals surface area (Å²) in [5, 5.41) is 3.41. The fraction of sp³-hybridized carbons (Fsp3) is 0.611. The van der Waals surface area contributed by atoms with E-state index >= 15 is 0 Å². The maximum Gasteiger partial charge on any atom is 0.249 e. The van der Waals surface area contributed by atoms with Crippen LogP contribution in [0, 0.1) is 0 Å². The number of carbonyl (C=O) groups is 1. The zero-order chi connectivity index (χ0) is 16.4. The van der Waals surface area contributed by atoms with Gasteiger partial charge < -0.3 is 15.0 Å². The summed E-state index contributed by atoms with van der Waals surface area (Å²) in [6, 6.07) is 2.11. The van der Waals surface area contributed by atoms with Gasteiger partial charge in [0.25, 0.3) is 0 Å². The molecule has 1 spiro atoms. The number of hydrogen-bond donors (Lipinski definition) is 1. The first kappa shape index (κ1) is 15.6. The minimum Gasteiger partial charge on any atom is -0.373 e. The van der Waals surface area contributed by atoms with E-state index in [1.807, 2.05) is 11.0 Å². The molecular formula is C18H24N4O2. The lowest BCUT2D eigenvalue weighted by molar-refractivity contribution is -0.129. The number of nitrogens with one attached hydrogen (secondary N) is 1. The number of aromatic nitrogens is 2. The highest BCUT2D eigenvalue weighted by Crippen LogP contribution is 2.36. The molecule has 0 aromatic carbocycles. The maximum absolute atomic E-state index is 12.6. The second-order valence-corrected chi connectivity index (χ2v) is 7.04. The molecule has 6 heteroatoms. The number of hydrogen-bond acceptors (Lipinski definition) is 5. The highest BCUT2D eigenvalue weighted by atomic mass is 16.5. The Morgan fingerprint density at radius 2 is 2.25 bits per heavy atom. The smallest absolute Gasteiger partial charge is 0.249 e. The van der Waals surface area contributed by atoms with E-state index in [0.717, 1.165) is 57.2 Å². The van der Waals surface area contributed by atoms with Gasteiger partial charge in [-0.3, -0.25) is 4.79 Å². The summed E-state index contributed by atoms with van der Waals surface area (Å²) in [5.74, 6) is 0.885. The van der Waals surface area contributed by atoms with Crippen LogP contribution < -0.4 is 5.32 Å². The van der Waals surface area contributed by atoms with Crippen molar-refractivity contribution in [2.24, 2.45) is 0 Å². The van der Waals surface area contributed by atoms with Crippen molar-refractivity contribution in [2.45, 2.75) is 50.2 Å². The van der Waals surface area contributed by atoms with Crippen LogP contribution >= 0.6 is 0 Å². The van der Waals surface area contributed by atoms with Crippen LogP contribution in [-0.2, 0) is 9.53 Å². The molecule has 2 atom stereocenters. The van der Waals surface area contributed by atoms with E-state index in [4.69, 9.17) is 4.74 Å². The summed E-state index contributed by atoms with van der Waals surface area (Å²) in [6.07, 6.45) is 11.4. The van der Waals surface area contributed by atoms with E-state index in [1.54, 1.807) is 12.4 Å². The van der Waals surface area contributed by atoms with Gasteiger partial charge in [-0.25, -0.2) is 9.97 Å². The van der Waals surface area contributed by atoms with Gasteiger partial charge in [0.05, 0.1) is 12.1 Å². The minimum atomic E-state index is -0.209. The topological polar surface area (TPSA) is 67.4 Å². The maximum atomic E-state index is 12.6. The van der Waals surface area contributed by atoms with Gasteiger partial charge in [0.15, 0.2) is 0 Å². The minimum absolute atomic E-state index is 0.209. The third kappa shape index (κ3) is 3.15. The largest absolute Gasteiger partial charge is 0.373 e. The highest BCUT2D eigenvalue weighted by molar-refractivity contribution is 5.94. The number of rotatable bonds is 3. The van der Waals surface area contributed by atoms with Crippen molar-refractivity contribution in [1.29, 1.82) is 0 Å². The number of amides is 1. The summed E-state index contributed by atoms with van der Waals surface area (Å²) < 4.78 is 6.14. The summed E-state index contributed by atoms with van der Waals surface area (Å²) in [7, 11) is 0. The molecule has 24 heavy (non-hydrogen) atoms. The fourth-order valence-electron chi connectivity index (χ4n) is 4.08. The highest BCUT2D eigenvalue weighted by Gasteiger charge is 2.45. The van der Waals surface area contributed by atoms with Gasteiger partial charge in [0.1, 0.15) is 0 Å². The van der Waals surface area contributed by atoms with Crippen LogP contribution in [0.5, 0.6) is 0 Å². The average Bonchev–Trinajstić information content (AvgIpc) is 3.26. The Hall–Kier alpha value is -1.95. The second-order valence-electron chi connectivity index (χ2n) is 7.04. The van der Waals surface area contributed by atoms with Gasteiger partial charge >= 0.3 is 0 Å². The molecule has 1 aliphatic carbocycles. The molecule has 1 N–H and O–H groups in total. The van der Waals surface area contributed by atoms with Crippen molar-refractivity contribution in [1.82, 2.24) is 14.9 Å². The van der Waals surface area contributed by atoms with Crippen LogP contribution in [0.2, 0.25) is 0 Å². The molecule has 6 nitrogen and oxygen atoms in total. The Morgan fingerprint density at radius 1 is 1.38 bits per heavy atom. The predicted octanol–water partition coefficient (Wildman–Crippen LogP) is 2.15. The Morgan fingerprint density at radius 3 is 3.04 bits per heavy atom. The Kier molecular flexibility index (Phi) is 4.22. The summed E-state index contributed by atoms with van der Waals surface area (Å²) >= 11 is 0. The molecule has 3 aliphatic rings. The van der Waals surface area contributed by atoms with Gasteiger partial charge in [0, 0.05) is 37.2 Å². The number of ether oxygens (including phenoxy) is 1. The first-order valence-corrected chi connectivity index (χ1v) is 8.90. The third-order valence-electron chi connectivity index (χ3n) is 5.31. The molecule has 1 aromatic rings. The lowest BCUT2D eigenvalue weighted by atomic mass is 9.89. The second kappa shape index (κ2) is 6.51. The van der Waals surface area contributed by atoms with E-state index in [9.17, 15) is 4.79 Å². The van der Waals surface area contributed by atoms with Crippen molar-refractivity contribution in [3.8, 4) is 0 Å². The van der Waals surface area contributed by atoms with Crippen LogP contribution in [-0.4, -0.2) is 52.1 Å². The number of allylic oxidation sites excluding steroid dienone is 1. The molecular weight excluding hydrogens is 304 g/mol.